The fraction of sp³-hybridized carbons (Fsp3) is 0.500. The topological polar surface area (TPSA) is 96.2 Å². The summed E-state index contributed by atoms with van der Waals surface area (Å²) >= 11 is 0. The summed E-state index contributed by atoms with van der Waals surface area (Å²) in [5, 5.41) is 17.6. The van der Waals surface area contributed by atoms with Crippen molar-refractivity contribution in [3.8, 4) is 5.69 Å². The van der Waals surface area contributed by atoms with Crippen molar-refractivity contribution in [1.82, 2.24) is 24.6 Å². The van der Waals surface area contributed by atoms with Crippen molar-refractivity contribution in [1.29, 1.82) is 0 Å². The maximum atomic E-state index is 11.7. The molecule has 2 unspecified atom stereocenters. The molecule has 0 aliphatic carbocycles. The first-order valence-electron chi connectivity index (χ1n) is 13.1. The number of aryl methyl sites for hydroxylation is 4. The van der Waals surface area contributed by atoms with Gasteiger partial charge < -0.3 is 15.3 Å². The largest absolute Gasteiger partial charge is 0.481 e. The van der Waals surface area contributed by atoms with Gasteiger partial charge in [0, 0.05) is 31.2 Å². The smallest absolute Gasteiger partial charge is 0.304 e. The molecular weight excluding hydrogens is 452 g/mol. The van der Waals surface area contributed by atoms with Gasteiger partial charge in [-0.2, -0.15) is 5.10 Å². The lowest BCUT2D eigenvalue weighted by molar-refractivity contribution is -0.137. The highest BCUT2D eigenvalue weighted by molar-refractivity contribution is 5.68. The average molecular weight is 489 g/mol. The zero-order valence-electron chi connectivity index (χ0n) is 21.3. The van der Waals surface area contributed by atoms with Crippen LogP contribution in [0.25, 0.3) is 5.69 Å². The third kappa shape index (κ3) is 5.75. The molecule has 3 aromatic rings. The Morgan fingerprint density at radius 1 is 1.22 bits per heavy atom. The molecule has 2 aromatic heterocycles. The molecule has 36 heavy (non-hydrogen) atoms. The number of carbonyl (C=O) groups is 1. The number of anilines is 1. The van der Waals surface area contributed by atoms with E-state index in [-0.39, 0.29) is 12.3 Å². The summed E-state index contributed by atoms with van der Waals surface area (Å²) in [5.41, 5.74) is 4.46. The van der Waals surface area contributed by atoms with E-state index in [0.29, 0.717) is 5.92 Å². The van der Waals surface area contributed by atoms with Gasteiger partial charge in [-0.05, 0) is 87.7 Å². The number of fused-ring (bicyclic) bond motifs is 1. The lowest BCUT2D eigenvalue weighted by Gasteiger charge is -2.24. The number of nitrogens with one attached hydrogen (secondary N) is 1. The van der Waals surface area contributed by atoms with E-state index in [2.05, 4.69) is 38.5 Å². The summed E-state index contributed by atoms with van der Waals surface area (Å²) in [5.74, 6) is 2.41. The fourth-order valence-electron chi connectivity index (χ4n) is 5.66. The molecule has 1 aromatic carbocycles. The van der Waals surface area contributed by atoms with Crippen LogP contribution in [0.4, 0.5) is 5.82 Å². The molecule has 2 atom stereocenters. The Morgan fingerprint density at radius 3 is 2.92 bits per heavy atom. The van der Waals surface area contributed by atoms with Gasteiger partial charge in [-0.3, -0.25) is 4.79 Å². The number of aromatic nitrogens is 4. The van der Waals surface area contributed by atoms with Crippen LogP contribution in [0.5, 0.6) is 0 Å². The maximum Gasteiger partial charge on any atom is 0.304 e. The van der Waals surface area contributed by atoms with Crippen molar-refractivity contribution < 1.29 is 9.90 Å². The predicted octanol–water partition coefficient (Wildman–Crippen LogP) is 4.15. The highest BCUT2D eigenvalue weighted by atomic mass is 16.4. The van der Waals surface area contributed by atoms with Crippen LogP contribution < -0.4 is 5.32 Å². The third-order valence-corrected chi connectivity index (χ3v) is 7.49. The van der Waals surface area contributed by atoms with Crippen molar-refractivity contribution in [2.45, 2.75) is 58.3 Å². The number of likely N-dealkylation sites (tertiary alicyclic amines) is 1. The summed E-state index contributed by atoms with van der Waals surface area (Å²) < 4.78 is 1.83. The van der Waals surface area contributed by atoms with E-state index >= 15 is 0 Å². The Balaban J connectivity index is 1.21. The van der Waals surface area contributed by atoms with Crippen LogP contribution in [-0.4, -0.2) is 61.9 Å². The van der Waals surface area contributed by atoms with Gasteiger partial charge in [0.1, 0.15) is 17.5 Å². The number of rotatable bonds is 9. The van der Waals surface area contributed by atoms with Crippen LogP contribution in [0.1, 0.15) is 60.1 Å². The van der Waals surface area contributed by atoms with Crippen LogP contribution in [0.2, 0.25) is 0 Å². The number of nitrogens with zero attached hydrogens (tertiary/aromatic N) is 5. The molecule has 2 aliphatic heterocycles. The first-order chi connectivity index (χ1) is 17.4. The van der Waals surface area contributed by atoms with E-state index in [1.807, 2.05) is 36.7 Å². The van der Waals surface area contributed by atoms with E-state index in [0.717, 1.165) is 80.6 Å². The normalized spacial score (nSPS) is 18.6. The summed E-state index contributed by atoms with van der Waals surface area (Å²) in [6.45, 7) is 7.61. The summed E-state index contributed by atoms with van der Waals surface area (Å²) in [6, 6.07) is 12.5. The Morgan fingerprint density at radius 2 is 2.11 bits per heavy atom. The number of hydrogen-bond donors (Lipinski definition) is 2. The second-order valence-electron chi connectivity index (χ2n) is 10.3. The van der Waals surface area contributed by atoms with Crippen molar-refractivity contribution in [2.24, 2.45) is 5.92 Å². The molecule has 0 radical (unpaired) electrons. The minimum atomic E-state index is -0.763. The SMILES string of the molecule is Cc1nc(C)n(-c2cccc(C(CC(=O)O)CN3CCC(CCc4ccc5c(n4)NCCC5)C3)c2)n1. The van der Waals surface area contributed by atoms with Crippen LogP contribution in [-0.2, 0) is 17.6 Å². The van der Waals surface area contributed by atoms with Gasteiger partial charge in [0.05, 0.1) is 12.1 Å². The molecule has 0 amide bonds. The number of aliphatic carboxylic acids is 1. The molecule has 1 fully saturated rings. The van der Waals surface area contributed by atoms with E-state index in [9.17, 15) is 9.90 Å². The number of benzene rings is 1. The zero-order chi connectivity index (χ0) is 25.1. The van der Waals surface area contributed by atoms with E-state index < -0.39 is 5.97 Å². The van der Waals surface area contributed by atoms with Crippen molar-refractivity contribution in [2.75, 3.05) is 31.5 Å². The van der Waals surface area contributed by atoms with Gasteiger partial charge in [-0.15, -0.1) is 0 Å². The van der Waals surface area contributed by atoms with Crippen molar-refractivity contribution in [3.05, 3.63) is 64.9 Å². The molecule has 0 bridgehead atoms. The molecule has 1 saturated heterocycles. The summed E-state index contributed by atoms with van der Waals surface area (Å²) in [6.07, 6.45) is 5.67. The standard InChI is InChI=1S/C28H36N6O2/c1-19-30-20(2)34(32-19)26-7-3-5-23(15-26)24(16-27(35)36)18-33-14-12-21(17-33)8-10-25-11-9-22-6-4-13-29-28(22)31-25/h3,5,7,9,11,15,21,24H,4,6,8,10,12-14,16-18H2,1-2H3,(H,29,31)(H,35,36). The Hall–Kier alpha value is -3.26. The highest BCUT2D eigenvalue weighted by Gasteiger charge is 2.27. The average Bonchev–Trinajstić information content (AvgIpc) is 3.47. The minimum absolute atomic E-state index is 0.0699. The molecule has 4 heterocycles. The molecule has 2 N–H and O–H groups in total. The number of hydrogen-bond acceptors (Lipinski definition) is 6. The minimum Gasteiger partial charge on any atom is -0.481 e. The fourth-order valence-corrected chi connectivity index (χ4v) is 5.66. The first kappa shape index (κ1) is 24.4. The van der Waals surface area contributed by atoms with Gasteiger partial charge in [0.2, 0.25) is 0 Å². The Bertz CT molecular complexity index is 1220. The quantitative estimate of drug-likeness (QED) is 0.467. The molecular formula is C28H36N6O2. The monoisotopic (exact) mass is 488 g/mol. The third-order valence-electron chi connectivity index (χ3n) is 7.49. The number of carboxylic acids is 1. The van der Waals surface area contributed by atoms with Gasteiger partial charge in [-0.25, -0.2) is 14.6 Å². The van der Waals surface area contributed by atoms with Gasteiger partial charge in [0.25, 0.3) is 0 Å². The molecule has 0 spiro atoms. The van der Waals surface area contributed by atoms with Crippen LogP contribution >= 0.6 is 0 Å². The molecule has 2 aliphatic rings. The van der Waals surface area contributed by atoms with E-state index in [4.69, 9.17) is 4.98 Å². The predicted molar refractivity (Wildman–Crippen MR) is 140 cm³/mol. The Labute approximate surface area is 212 Å². The first-order valence-corrected chi connectivity index (χ1v) is 13.1. The summed E-state index contributed by atoms with van der Waals surface area (Å²) in [4.78, 5) is 23.4. The van der Waals surface area contributed by atoms with E-state index in [1.54, 1.807) is 0 Å². The highest BCUT2D eigenvalue weighted by Crippen LogP contribution is 2.29. The van der Waals surface area contributed by atoms with Crippen LogP contribution in [0, 0.1) is 19.8 Å². The molecule has 8 heteroatoms. The molecule has 5 rings (SSSR count). The van der Waals surface area contributed by atoms with Gasteiger partial charge in [-0.1, -0.05) is 18.2 Å². The van der Waals surface area contributed by atoms with Crippen LogP contribution in [0.15, 0.2) is 36.4 Å². The zero-order valence-corrected chi connectivity index (χ0v) is 21.3. The number of carboxylic acid groups (broad SMARTS) is 1. The second-order valence-corrected chi connectivity index (χ2v) is 10.3. The second kappa shape index (κ2) is 10.8. The van der Waals surface area contributed by atoms with Crippen molar-refractivity contribution in [3.63, 3.8) is 0 Å². The van der Waals surface area contributed by atoms with Gasteiger partial charge >= 0.3 is 5.97 Å². The lowest BCUT2D eigenvalue weighted by atomic mass is 9.94. The molecule has 190 valence electrons. The van der Waals surface area contributed by atoms with E-state index in [1.165, 1.54) is 17.7 Å². The lowest BCUT2D eigenvalue weighted by Crippen LogP contribution is -2.28. The maximum absolute atomic E-state index is 11.7. The molecule has 8 nitrogen and oxygen atoms in total. The summed E-state index contributed by atoms with van der Waals surface area (Å²) in [7, 11) is 0. The number of pyridine rings is 1. The van der Waals surface area contributed by atoms with Crippen LogP contribution in [0.3, 0.4) is 0 Å². The Kier molecular flexibility index (Phi) is 7.32. The molecule has 0 saturated carbocycles. The van der Waals surface area contributed by atoms with Crippen molar-refractivity contribution >= 4 is 11.8 Å². The van der Waals surface area contributed by atoms with Gasteiger partial charge in [0.15, 0.2) is 0 Å².